The van der Waals surface area contributed by atoms with Gasteiger partial charge in [0, 0.05) is 41.8 Å². The van der Waals surface area contributed by atoms with E-state index in [1.165, 1.54) is 14.2 Å². The average Bonchev–Trinajstić information content (AvgIpc) is 2.82. The van der Waals surface area contributed by atoms with E-state index >= 15 is 0 Å². The molecule has 162 valence electrons. The van der Waals surface area contributed by atoms with Crippen molar-refractivity contribution in [3.8, 4) is 34.4 Å². The molecule has 0 amide bonds. The van der Waals surface area contributed by atoms with E-state index in [1.54, 1.807) is 19.2 Å². The minimum Gasteiger partial charge on any atom is -0.493 e. The molecule has 0 fully saturated rings. The van der Waals surface area contributed by atoms with E-state index in [9.17, 15) is 0 Å². The number of hydrogen-bond donors (Lipinski definition) is 2. The molecule has 0 bridgehead atoms. The Morgan fingerprint density at radius 1 is 0.935 bits per heavy atom. The zero-order valence-electron chi connectivity index (χ0n) is 17.6. The van der Waals surface area contributed by atoms with E-state index in [4.69, 9.17) is 29.0 Å². The van der Waals surface area contributed by atoms with Crippen LogP contribution in [0.3, 0.4) is 0 Å². The van der Waals surface area contributed by atoms with Gasteiger partial charge in [0.15, 0.2) is 11.5 Å². The fraction of sp³-hybridized carbons (Fsp3) is 0.318. The van der Waals surface area contributed by atoms with Gasteiger partial charge in [-0.1, -0.05) is 0 Å². The van der Waals surface area contributed by atoms with E-state index in [0.29, 0.717) is 34.8 Å². The second-order valence-corrected chi connectivity index (χ2v) is 6.86. The molecule has 2 aromatic heterocycles. The molecular formula is C22H24N4O5. The van der Waals surface area contributed by atoms with Crippen molar-refractivity contribution in [2.45, 2.75) is 12.8 Å². The lowest BCUT2D eigenvalue weighted by atomic mass is 9.91. The molecule has 31 heavy (non-hydrogen) atoms. The third kappa shape index (κ3) is 4.17. The molecule has 2 N–H and O–H groups in total. The van der Waals surface area contributed by atoms with Crippen LogP contribution in [0.4, 0.5) is 11.6 Å². The number of fused-ring (bicyclic) bond motifs is 3. The van der Waals surface area contributed by atoms with Crippen LogP contribution in [-0.4, -0.2) is 54.6 Å². The SMILES string of the molecule is COc1cc2c(cn1)CCc1cnc(Nc3cc(OC)c(OCCO)c(OC)c3)nc1-2. The Labute approximate surface area is 180 Å². The zero-order chi connectivity index (χ0) is 21.8. The van der Waals surface area contributed by atoms with Crippen molar-refractivity contribution >= 4 is 11.6 Å². The number of aliphatic hydroxyl groups is 1. The van der Waals surface area contributed by atoms with Gasteiger partial charge in [0.2, 0.25) is 17.6 Å². The van der Waals surface area contributed by atoms with Crippen molar-refractivity contribution < 1.29 is 24.1 Å². The van der Waals surface area contributed by atoms with Gasteiger partial charge in [-0.05, 0) is 24.0 Å². The van der Waals surface area contributed by atoms with Crippen molar-refractivity contribution in [3.05, 3.63) is 41.7 Å². The Balaban J connectivity index is 1.68. The summed E-state index contributed by atoms with van der Waals surface area (Å²) in [7, 11) is 4.68. The van der Waals surface area contributed by atoms with Crippen LogP contribution in [0.2, 0.25) is 0 Å². The highest BCUT2D eigenvalue weighted by molar-refractivity contribution is 5.72. The zero-order valence-corrected chi connectivity index (χ0v) is 17.6. The number of methoxy groups -OCH3 is 3. The second kappa shape index (κ2) is 9.05. The van der Waals surface area contributed by atoms with Gasteiger partial charge >= 0.3 is 0 Å². The Kier molecular flexibility index (Phi) is 6.03. The van der Waals surface area contributed by atoms with Gasteiger partial charge in [0.05, 0.1) is 33.6 Å². The lowest BCUT2D eigenvalue weighted by Gasteiger charge is -2.20. The summed E-state index contributed by atoms with van der Waals surface area (Å²) in [4.78, 5) is 13.5. The minimum absolute atomic E-state index is 0.114. The average molecular weight is 424 g/mol. The van der Waals surface area contributed by atoms with E-state index < -0.39 is 0 Å². The maximum absolute atomic E-state index is 9.06. The fourth-order valence-corrected chi connectivity index (χ4v) is 3.52. The van der Waals surface area contributed by atoms with E-state index in [0.717, 1.165) is 35.2 Å². The van der Waals surface area contributed by atoms with Crippen molar-refractivity contribution in [1.82, 2.24) is 15.0 Å². The van der Waals surface area contributed by atoms with Crippen LogP contribution in [0, 0.1) is 0 Å². The molecule has 9 nitrogen and oxygen atoms in total. The van der Waals surface area contributed by atoms with Crippen LogP contribution in [0.5, 0.6) is 23.1 Å². The molecule has 1 aliphatic carbocycles. The van der Waals surface area contributed by atoms with E-state index in [1.807, 2.05) is 18.5 Å². The molecule has 0 saturated heterocycles. The second-order valence-electron chi connectivity index (χ2n) is 6.86. The Morgan fingerprint density at radius 2 is 1.65 bits per heavy atom. The summed E-state index contributed by atoms with van der Waals surface area (Å²) in [6.45, 7) is 0.0161. The van der Waals surface area contributed by atoms with Crippen LogP contribution < -0.4 is 24.3 Å². The van der Waals surface area contributed by atoms with Crippen molar-refractivity contribution in [3.63, 3.8) is 0 Å². The molecule has 9 heteroatoms. The van der Waals surface area contributed by atoms with Crippen LogP contribution in [0.1, 0.15) is 11.1 Å². The Bertz CT molecular complexity index is 1060. The highest BCUT2D eigenvalue weighted by Gasteiger charge is 2.21. The molecule has 0 aliphatic heterocycles. The highest BCUT2D eigenvalue weighted by Crippen LogP contribution is 2.41. The molecular weight excluding hydrogens is 400 g/mol. The lowest BCUT2D eigenvalue weighted by Crippen LogP contribution is -2.10. The van der Waals surface area contributed by atoms with Crippen molar-refractivity contribution in [1.29, 1.82) is 0 Å². The number of aromatic nitrogens is 3. The molecule has 1 aliphatic rings. The summed E-state index contributed by atoms with van der Waals surface area (Å²) in [6.07, 6.45) is 5.43. The maximum Gasteiger partial charge on any atom is 0.227 e. The first-order valence-electron chi connectivity index (χ1n) is 9.82. The predicted molar refractivity (Wildman–Crippen MR) is 115 cm³/mol. The standard InChI is InChI=1S/C22H24N4O5/c1-28-17-8-15(9-18(29-2)21(17)31-7-6-27)25-22-24-12-14-5-4-13-11-23-19(30-3)10-16(13)20(14)26-22/h8-12,27H,4-7H2,1-3H3,(H,24,25,26). The number of hydrogen-bond acceptors (Lipinski definition) is 9. The Morgan fingerprint density at radius 3 is 2.32 bits per heavy atom. The minimum atomic E-state index is -0.114. The first-order chi connectivity index (χ1) is 15.2. The number of anilines is 2. The number of nitrogens with one attached hydrogen (secondary N) is 1. The maximum atomic E-state index is 9.06. The largest absolute Gasteiger partial charge is 0.493 e. The van der Waals surface area contributed by atoms with E-state index in [-0.39, 0.29) is 13.2 Å². The first-order valence-corrected chi connectivity index (χ1v) is 9.82. The summed E-state index contributed by atoms with van der Waals surface area (Å²) in [5.74, 6) is 2.34. The number of aliphatic hydroxyl groups excluding tert-OH is 1. The molecule has 0 unspecified atom stereocenters. The van der Waals surface area contributed by atoms with Crippen molar-refractivity contribution in [2.24, 2.45) is 0 Å². The van der Waals surface area contributed by atoms with Crippen LogP contribution >= 0.6 is 0 Å². The summed E-state index contributed by atoms with van der Waals surface area (Å²) < 4.78 is 21.7. The molecule has 1 aromatic carbocycles. The third-order valence-electron chi connectivity index (χ3n) is 5.01. The van der Waals surface area contributed by atoms with Crippen molar-refractivity contribution in [2.75, 3.05) is 39.9 Å². The summed E-state index contributed by atoms with van der Waals surface area (Å²) >= 11 is 0. The summed E-state index contributed by atoms with van der Waals surface area (Å²) in [6, 6.07) is 5.43. The number of rotatable bonds is 8. The smallest absolute Gasteiger partial charge is 0.227 e. The van der Waals surface area contributed by atoms with E-state index in [2.05, 4.69) is 15.3 Å². The number of aryl methyl sites for hydroxylation is 2. The number of benzene rings is 1. The molecule has 3 aromatic rings. The van der Waals surface area contributed by atoms with Crippen LogP contribution in [0.15, 0.2) is 30.6 Å². The topological polar surface area (TPSA) is 108 Å². The molecule has 4 rings (SSSR count). The van der Waals surface area contributed by atoms with Gasteiger partial charge in [-0.2, -0.15) is 0 Å². The van der Waals surface area contributed by atoms with Gasteiger partial charge in [-0.3, -0.25) is 0 Å². The Hall–Kier alpha value is -3.59. The monoisotopic (exact) mass is 424 g/mol. The lowest BCUT2D eigenvalue weighted by molar-refractivity contribution is 0.191. The summed E-state index contributed by atoms with van der Waals surface area (Å²) in [5.41, 5.74) is 4.75. The molecule has 0 atom stereocenters. The van der Waals surface area contributed by atoms with Gasteiger partial charge in [0.1, 0.15) is 6.61 Å². The quantitative estimate of drug-likeness (QED) is 0.564. The third-order valence-corrected chi connectivity index (χ3v) is 5.01. The number of pyridine rings is 1. The van der Waals surface area contributed by atoms with Gasteiger partial charge in [0.25, 0.3) is 0 Å². The predicted octanol–water partition coefficient (Wildman–Crippen LogP) is 2.78. The van der Waals surface area contributed by atoms with Crippen LogP contribution in [0.25, 0.3) is 11.3 Å². The number of ether oxygens (including phenoxy) is 4. The molecule has 0 spiro atoms. The normalized spacial score (nSPS) is 11.9. The fourth-order valence-electron chi connectivity index (χ4n) is 3.52. The van der Waals surface area contributed by atoms with Gasteiger partial charge in [-0.25, -0.2) is 15.0 Å². The van der Waals surface area contributed by atoms with Gasteiger partial charge in [-0.15, -0.1) is 0 Å². The van der Waals surface area contributed by atoms with Crippen LogP contribution in [-0.2, 0) is 12.8 Å². The first kappa shape index (κ1) is 20.7. The van der Waals surface area contributed by atoms with Gasteiger partial charge < -0.3 is 29.4 Å². The highest BCUT2D eigenvalue weighted by atomic mass is 16.5. The molecule has 2 heterocycles. The molecule has 0 radical (unpaired) electrons. The number of nitrogens with zero attached hydrogens (tertiary/aromatic N) is 3. The molecule has 0 saturated carbocycles. The summed E-state index contributed by atoms with van der Waals surface area (Å²) in [5, 5.41) is 12.3.